The number of likely N-dealkylation sites (tertiary alicyclic amines) is 1. The number of pyridine rings is 1. The first-order chi connectivity index (χ1) is 11.6. The second-order valence-corrected chi connectivity index (χ2v) is 5.83. The highest BCUT2D eigenvalue weighted by Gasteiger charge is 2.23. The standard InChI is InChI=1S/C18H20N2O4/c1-2-24-18(23)16-11-14(17(22)20-8-4-3-5-9-20)13-10-12(21)6-7-15(13)19-16/h6-7,10-11,21H,2-5,8-9H2,1H3. The van der Waals surface area contributed by atoms with Crippen molar-refractivity contribution in [1.29, 1.82) is 0 Å². The van der Waals surface area contributed by atoms with Crippen LogP contribution in [0.2, 0.25) is 0 Å². The lowest BCUT2D eigenvalue weighted by molar-refractivity contribution is 0.0520. The van der Waals surface area contributed by atoms with Crippen molar-refractivity contribution in [3.63, 3.8) is 0 Å². The number of aromatic hydroxyl groups is 1. The molecule has 0 radical (unpaired) electrons. The maximum Gasteiger partial charge on any atom is 0.356 e. The molecular weight excluding hydrogens is 308 g/mol. The quantitative estimate of drug-likeness (QED) is 0.876. The van der Waals surface area contributed by atoms with Gasteiger partial charge < -0.3 is 14.7 Å². The van der Waals surface area contributed by atoms with Gasteiger partial charge in [0.05, 0.1) is 17.7 Å². The van der Waals surface area contributed by atoms with E-state index in [4.69, 9.17) is 4.74 Å². The van der Waals surface area contributed by atoms with Crippen LogP contribution < -0.4 is 0 Å². The third-order valence-corrected chi connectivity index (χ3v) is 4.15. The van der Waals surface area contributed by atoms with Crippen LogP contribution in [0, 0.1) is 0 Å². The van der Waals surface area contributed by atoms with E-state index in [1.54, 1.807) is 17.9 Å². The third kappa shape index (κ3) is 3.18. The van der Waals surface area contributed by atoms with Crippen LogP contribution >= 0.6 is 0 Å². The van der Waals surface area contributed by atoms with Crippen LogP contribution in [0.3, 0.4) is 0 Å². The number of benzene rings is 1. The first-order valence-corrected chi connectivity index (χ1v) is 8.20. The molecule has 2 heterocycles. The van der Waals surface area contributed by atoms with Crippen LogP contribution in [-0.2, 0) is 4.74 Å². The number of nitrogens with zero attached hydrogens (tertiary/aromatic N) is 2. The molecule has 6 heteroatoms. The van der Waals surface area contributed by atoms with Crippen LogP contribution in [0.4, 0.5) is 0 Å². The fraction of sp³-hybridized carbons (Fsp3) is 0.389. The van der Waals surface area contributed by atoms with Gasteiger partial charge in [0, 0.05) is 18.5 Å². The summed E-state index contributed by atoms with van der Waals surface area (Å²) in [6, 6.07) is 6.06. The van der Waals surface area contributed by atoms with Crippen LogP contribution in [0.5, 0.6) is 5.75 Å². The average Bonchev–Trinajstić information content (AvgIpc) is 2.61. The summed E-state index contributed by atoms with van der Waals surface area (Å²) in [6.45, 7) is 3.37. The number of phenolic OH excluding ortho intramolecular Hbond substituents is 1. The molecule has 0 atom stereocenters. The van der Waals surface area contributed by atoms with Gasteiger partial charge in [-0.05, 0) is 50.5 Å². The van der Waals surface area contributed by atoms with Gasteiger partial charge >= 0.3 is 5.97 Å². The van der Waals surface area contributed by atoms with Gasteiger partial charge in [-0.3, -0.25) is 4.79 Å². The smallest absolute Gasteiger partial charge is 0.356 e. The summed E-state index contributed by atoms with van der Waals surface area (Å²) in [5.41, 5.74) is 0.968. The molecule has 0 bridgehead atoms. The molecule has 6 nitrogen and oxygen atoms in total. The number of rotatable bonds is 3. The molecule has 1 aromatic carbocycles. The number of esters is 1. The average molecular weight is 328 g/mol. The second-order valence-electron chi connectivity index (χ2n) is 5.83. The van der Waals surface area contributed by atoms with E-state index in [0.29, 0.717) is 29.6 Å². The number of amides is 1. The number of fused-ring (bicyclic) bond motifs is 1. The van der Waals surface area contributed by atoms with Crippen molar-refractivity contribution in [2.24, 2.45) is 0 Å². The highest BCUT2D eigenvalue weighted by atomic mass is 16.5. The number of phenols is 1. The van der Waals surface area contributed by atoms with E-state index < -0.39 is 5.97 Å². The molecule has 1 saturated heterocycles. The molecule has 1 N–H and O–H groups in total. The van der Waals surface area contributed by atoms with Gasteiger partial charge in [-0.25, -0.2) is 9.78 Å². The Bertz CT molecular complexity index is 782. The maximum absolute atomic E-state index is 12.9. The summed E-state index contributed by atoms with van der Waals surface area (Å²) in [5.74, 6) is -0.640. The van der Waals surface area contributed by atoms with Crippen LogP contribution in [0.25, 0.3) is 10.9 Å². The zero-order valence-electron chi connectivity index (χ0n) is 13.6. The lowest BCUT2D eigenvalue weighted by Crippen LogP contribution is -2.35. The molecule has 2 aromatic rings. The SMILES string of the molecule is CCOC(=O)c1cc(C(=O)N2CCCCC2)c2cc(O)ccc2n1. The maximum atomic E-state index is 12.9. The van der Waals surface area contributed by atoms with E-state index in [0.717, 1.165) is 19.3 Å². The Kier molecular flexibility index (Phi) is 4.64. The van der Waals surface area contributed by atoms with Crippen molar-refractivity contribution in [1.82, 2.24) is 9.88 Å². The van der Waals surface area contributed by atoms with E-state index in [-0.39, 0.29) is 24.0 Å². The van der Waals surface area contributed by atoms with E-state index in [2.05, 4.69) is 4.98 Å². The van der Waals surface area contributed by atoms with E-state index in [1.165, 1.54) is 18.2 Å². The predicted octanol–water partition coefficient (Wildman–Crippen LogP) is 2.74. The Hall–Kier alpha value is -2.63. The van der Waals surface area contributed by atoms with Crippen LogP contribution in [0.1, 0.15) is 47.0 Å². The number of carbonyl (C=O) groups excluding carboxylic acids is 2. The molecule has 1 fully saturated rings. The zero-order chi connectivity index (χ0) is 17.1. The normalized spacial score (nSPS) is 14.6. The van der Waals surface area contributed by atoms with Crippen molar-refractivity contribution in [3.8, 4) is 5.75 Å². The summed E-state index contributed by atoms with van der Waals surface area (Å²) in [5, 5.41) is 10.3. The minimum absolute atomic E-state index is 0.0564. The first-order valence-electron chi connectivity index (χ1n) is 8.20. The van der Waals surface area contributed by atoms with Crippen molar-refractivity contribution in [2.75, 3.05) is 19.7 Å². The number of piperidine rings is 1. The summed E-state index contributed by atoms with van der Waals surface area (Å²) in [6.07, 6.45) is 3.07. The Balaban J connectivity index is 2.10. The number of aromatic nitrogens is 1. The molecule has 1 aliphatic rings. The predicted molar refractivity (Wildman–Crippen MR) is 89.1 cm³/mol. The van der Waals surface area contributed by atoms with Gasteiger partial charge in [0.25, 0.3) is 5.91 Å². The first kappa shape index (κ1) is 16.2. The van der Waals surface area contributed by atoms with Gasteiger partial charge in [-0.2, -0.15) is 0 Å². The van der Waals surface area contributed by atoms with Crippen molar-refractivity contribution >= 4 is 22.8 Å². The Morgan fingerprint density at radius 3 is 2.67 bits per heavy atom. The van der Waals surface area contributed by atoms with Crippen LogP contribution in [0.15, 0.2) is 24.3 Å². The van der Waals surface area contributed by atoms with E-state index in [1.807, 2.05) is 0 Å². The highest BCUT2D eigenvalue weighted by molar-refractivity contribution is 6.08. The third-order valence-electron chi connectivity index (χ3n) is 4.15. The highest BCUT2D eigenvalue weighted by Crippen LogP contribution is 2.25. The zero-order valence-corrected chi connectivity index (χ0v) is 13.6. The lowest BCUT2D eigenvalue weighted by Gasteiger charge is -2.27. The number of hydrogen-bond donors (Lipinski definition) is 1. The van der Waals surface area contributed by atoms with Gasteiger partial charge in [0.2, 0.25) is 0 Å². The Morgan fingerprint density at radius 1 is 1.21 bits per heavy atom. The molecule has 0 aliphatic carbocycles. The number of carbonyl (C=O) groups is 2. The molecule has 24 heavy (non-hydrogen) atoms. The molecule has 126 valence electrons. The van der Waals surface area contributed by atoms with Gasteiger partial charge in [-0.1, -0.05) is 0 Å². The molecular formula is C18H20N2O4. The summed E-state index contributed by atoms with van der Waals surface area (Å²) in [7, 11) is 0. The molecule has 0 saturated carbocycles. The number of hydrogen-bond acceptors (Lipinski definition) is 5. The van der Waals surface area contributed by atoms with Gasteiger partial charge in [0.1, 0.15) is 11.4 Å². The van der Waals surface area contributed by atoms with Gasteiger partial charge in [-0.15, -0.1) is 0 Å². The largest absolute Gasteiger partial charge is 0.508 e. The molecule has 0 spiro atoms. The Labute approximate surface area is 140 Å². The summed E-state index contributed by atoms with van der Waals surface area (Å²) < 4.78 is 5.01. The topological polar surface area (TPSA) is 79.7 Å². The van der Waals surface area contributed by atoms with Crippen molar-refractivity contribution < 1.29 is 19.4 Å². The van der Waals surface area contributed by atoms with Crippen molar-refractivity contribution in [2.45, 2.75) is 26.2 Å². The van der Waals surface area contributed by atoms with E-state index >= 15 is 0 Å². The molecule has 3 rings (SSSR count). The second kappa shape index (κ2) is 6.86. The number of ether oxygens (including phenoxy) is 1. The van der Waals surface area contributed by atoms with Crippen molar-refractivity contribution in [3.05, 3.63) is 35.5 Å². The molecule has 0 unspecified atom stereocenters. The minimum atomic E-state index is -0.555. The molecule has 1 amide bonds. The molecule has 1 aliphatic heterocycles. The Morgan fingerprint density at radius 2 is 1.96 bits per heavy atom. The molecule has 1 aromatic heterocycles. The van der Waals surface area contributed by atoms with E-state index in [9.17, 15) is 14.7 Å². The summed E-state index contributed by atoms with van der Waals surface area (Å²) >= 11 is 0. The minimum Gasteiger partial charge on any atom is -0.508 e. The van der Waals surface area contributed by atoms with Gasteiger partial charge in [0.15, 0.2) is 0 Å². The lowest BCUT2D eigenvalue weighted by atomic mass is 10.0. The monoisotopic (exact) mass is 328 g/mol. The fourth-order valence-corrected chi connectivity index (χ4v) is 2.97. The van der Waals surface area contributed by atoms with Crippen LogP contribution in [-0.4, -0.2) is 46.6 Å². The summed E-state index contributed by atoms with van der Waals surface area (Å²) in [4.78, 5) is 31.0. The fourth-order valence-electron chi connectivity index (χ4n) is 2.97.